The molecule has 0 saturated heterocycles. The molecule has 0 aliphatic heterocycles. The zero-order chi connectivity index (χ0) is 25.2. The Hall–Kier alpha value is -4.04. The van der Waals surface area contributed by atoms with E-state index in [4.69, 9.17) is 14.6 Å². The normalized spacial score (nSPS) is 21.3. The number of hydrogen-bond donors (Lipinski definition) is 1. The smallest absolute Gasteiger partial charge is 0.341 e. The van der Waals surface area contributed by atoms with Crippen LogP contribution in [0.1, 0.15) is 38.3 Å². The molecule has 0 spiro atoms. The van der Waals surface area contributed by atoms with E-state index in [1.807, 2.05) is 37.3 Å². The first-order chi connectivity index (χ1) is 17.6. The number of pyridine rings is 1. The highest BCUT2D eigenvalue weighted by Crippen LogP contribution is 2.30. The van der Waals surface area contributed by atoms with Gasteiger partial charge in [0.15, 0.2) is 6.61 Å². The Labute approximate surface area is 212 Å². The summed E-state index contributed by atoms with van der Waals surface area (Å²) >= 11 is 0. The van der Waals surface area contributed by atoms with Gasteiger partial charge < -0.3 is 14.6 Å². The van der Waals surface area contributed by atoms with Crippen molar-refractivity contribution in [3.63, 3.8) is 0 Å². The van der Waals surface area contributed by atoms with E-state index in [9.17, 15) is 4.79 Å². The van der Waals surface area contributed by atoms with E-state index < -0.39 is 5.97 Å². The predicted molar refractivity (Wildman–Crippen MR) is 140 cm³/mol. The van der Waals surface area contributed by atoms with Gasteiger partial charge in [-0.25, -0.2) is 9.78 Å². The Balaban J connectivity index is 1.42. The second-order valence-electron chi connectivity index (χ2n) is 8.90. The van der Waals surface area contributed by atoms with Crippen molar-refractivity contribution in [2.45, 2.75) is 32.6 Å². The quantitative estimate of drug-likeness (QED) is 0.457. The fourth-order valence-electron chi connectivity index (χ4n) is 4.23. The van der Waals surface area contributed by atoms with Crippen LogP contribution in [-0.2, 0) is 14.3 Å². The first-order valence-corrected chi connectivity index (χ1v) is 12.3. The van der Waals surface area contributed by atoms with E-state index >= 15 is 0 Å². The maximum absolute atomic E-state index is 10.8. The Morgan fingerprint density at radius 3 is 2.75 bits per heavy atom. The van der Waals surface area contributed by atoms with Crippen LogP contribution in [0.4, 0.5) is 0 Å². The average molecular weight is 482 g/mol. The molecule has 0 radical (unpaired) electrons. The summed E-state index contributed by atoms with van der Waals surface area (Å²) in [5, 5.41) is 8.83. The summed E-state index contributed by atoms with van der Waals surface area (Å²) in [5.74, 6) is 7.29. The van der Waals surface area contributed by atoms with Gasteiger partial charge in [-0.15, -0.1) is 0 Å². The lowest BCUT2D eigenvalue weighted by Gasteiger charge is -2.22. The van der Waals surface area contributed by atoms with Gasteiger partial charge in [-0.05, 0) is 72.3 Å². The molecule has 1 N–H and O–H groups in total. The summed E-state index contributed by atoms with van der Waals surface area (Å²) in [5.41, 5.74) is 4.36. The third-order valence-corrected chi connectivity index (χ3v) is 6.11. The van der Waals surface area contributed by atoms with E-state index in [1.165, 1.54) is 16.7 Å². The zero-order valence-electron chi connectivity index (χ0n) is 20.5. The molecule has 0 amide bonds. The van der Waals surface area contributed by atoms with E-state index in [1.54, 1.807) is 6.20 Å². The van der Waals surface area contributed by atoms with Crippen molar-refractivity contribution < 1.29 is 19.4 Å². The van der Waals surface area contributed by atoms with Crippen LogP contribution in [-0.4, -0.2) is 29.3 Å². The molecule has 3 aliphatic rings. The van der Waals surface area contributed by atoms with E-state index in [0.29, 0.717) is 18.8 Å². The third kappa shape index (κ3) is 7.23. The number of allylic oxidation sites excluding steroid dienone is 13. The number of rotatable bonds is 8. The molecule has 1 unspecified atom stereocenters. The fraction of sp³-hybridized carbons (Fsp3) is 0.290. The molecule has 5 nitrogen and oxygen atoms in total. The largest absolute Gasteiger partial charge is 0.494 e. The molecule has 1 aromatic heterocycles. The maximum Gasteiger partial charge on any atom is 0.341 e. The third-order valence-electron chi connectivity index (χ3n) is 6.11. The molecule has 36 heavy (non-hydrogen) atoms. The van der Waals surface area contributed by atoms with E-state index in [-0.39, 0.29) is 18.4 Å². The van der Waals surface area contributed by atoms with Gasteiger partial charge in [0, 0.05) is 24.5 Å². The number of aliphatic carboxylic acids is 1. The van der Waals surface area contributed by atoms with Crippen LogP contribution in [0.15, 0.2) is 107 Å². The Morgan fingerprint density at radius 2 is 2.06 bits per heavy atom. The first kappa shape index (κ1) is 25.1. The molecule has 1 aromatic rings. The number of carboxylic acid groups (broad SMARTS) is 1. The van der Waals surface area contributed by atoms with Crippen molar-refractivity contribution in [3.8, 4) is 11.8 Å². The van der Waals surface area contributed by atoms with Gasteiger partial charge in [0.05, 0.1) is 5.76 Å². The molecule has 2 atom stereocenters. The molecular weight excluding hydrogens is 450 g/mol. The minimum Gasteiger partial charge on any atom is -0.494 e. The van der Waals surface area contributed by atoms with Gasteiger partial charge in [0.25, 0.3) is 0 Å². The van der Waals surface area contributed by atoms with Crippen LogP contribution in [0.5, 0.6) is 0 Å². The SMILES string of the molecule is CC1CC(OCC=C(C2=CCCC=C2)C2=CC[C@@H](C#Cc3ccccn3)C=C2)=CC=C1OCC(=O)O. The van der Waals surface area contributed by atoms with Gasteiger partial charge in [-0.2, -0.15) is 0 Å². The Morgan fingerprint density at radius 1 is 1.17 bits per heavy atom. The number of hydrogen-bond acceptors (Lipinski definition) is 4. The molecule has 0 bridgehead atoms. The molecule has 5 heteroatoms. The molecule has 184 valence electrons. The van der Waals surface area contributed by atoms with Crippen molar-refractivity contribution >= 4 is 5.97 Å². The van der Waals surface area contributed by atoms with Gasteiger partial charge in [-0.3, -0.25) is 0 Å². The van der Waals surface area contributed by atoms with Crippen LogP contribution < -0.4 is 0 Å². The van der Waals surface area contributed by atoms with Crippen LogP contribution in [0.2, 0.25) is 0 Å². The highest BCUT2D eigenvalue weighted by atomic mass is 16.5. The number of carboxylic acids is 1. The summed E-state index contributed by atoms with van der Waals surface area (Å²) in [6.45, 7) is 2.13. The van der Waals surface area contributed by atoms with Crippen LogP contribution in [0, 0.1) is 23.7 Å². The van der Waals surface area contributed by atoms with Crippen molar-refractivity contribution in [1.29, 1.82) is 0 Å². The Bertz CT molecular complexity index is 1230. The van der Waals surface area contributed by atoms with Crippen molar-refractivity contribution in [2.75, 3.05) is 13.2 Å². The second-order valence-corrected chi connectivity index (χ2v) is 8.90. The maximum atomic E-state index is 10.8. The molecular formula is C31H31NO4. The van der Waals surface area contributed by atoms with Gasteiger partial charge >= 0.3 is 5.97 Å². The summed E-state index contributed by atoms with van der Waals surface area (Å²) in [6, 6.07) is 5.76. The van der Waals surface area contributed by atoms with Crippen LogP contribution in [0.3, 0.4) is 0 Å². The van der Waals surface area contributed by atoms with Crippen molar-refractivity contribution in [2.24, 2.45) is 11.8 Å². The minimum absolute atomic E-state index is 0.0740. The molecule has 1 heterocycles. The monoisotopic (exact) mass is 481 g/mol. The predicted octanol–water partition coefficient (Wildman–Crippen LogP) is 6.06. The molecule has 0 aromatic carbocycles. The van der Waals surface area contributed by atoms with Crippen LogP contribution >= 0.6 is 0 Å². The number of carbonyl (C=O) groups is 1. The lowest BCUT2D eigenvalue weighted by atomic mass is 9.88. The highest BCUT2D eigenvalue weighted by molar-refractivity contribution is 5.68. The first-order valence-electron chi connectivity index (χ1n) is 12.3. The summed E-state index contributed by atoms with van der Waals surface area (Å²) in [7, 11) is 0. The molecule has 4 rings (SSSR count). The molecule has 0 saturated carbocycles. The average Bonchev–Trinajstić information content (AvgIpc) is 2.91. The summed E-state index contributed by atoms with van der Waals surface area (Å²) < 4.78 is 11.4. The fourth-order valence-corrected chi connectivity index (χ4v) is 4.23. The topological polar surface area (TPSA) is 68.7 Å². The lowest BCUT2D eigenvalue weighted by molar-refractivity contribution is -0.141. The molecule has 0 fully saturated rings. The highest BCUT2D eigenvalue weighted by Gasteiger charge is 2.18. The van der Waals surface area contributed by atoms with Crippen molar-refractivity contribution in [3.05, 3.63) is 113 Å². The van der Waals surface area contributed by atoms with E-state index in [2.05, 4.69) is 59.4 Å². The number of ether oxygens (including phenoxy) is 2. The van der Waals surface area contributed by atoms with Crippen LogP contribution in [0.25, 0.3) is 0 Å². The number of nitrogens with zero attached hydrogens (tertiary/aromatic N) is 1. The van der Waals surface area contributed by atoms with Gasteiger partial charge in [0.2, 0.25) is 0 Å². The lowest BCUT2D eigenvalue weighted by Crippen LogP contribution is -2.14. The Kier molecular flexibility index (Phi) is 8.77. The summed E-state index contributed by atoms with van der Waals surface area (Å²) in [6.07, 6.45) is 24.5. The van der Waals surface area contributed by atoms with E-state index in [0.717, 1.165) is 30.7 Å². The number of aromatic nitrogens is 1. The zero-order valence-corrected chi connectivity index (χ0v) is 20.5. The minimum atomic E-state index is -0.976. The van der Waals surface area contributed by atoms with Gasteiger partial charge in [0.1, 0.15) is 18.1 Å². The molecule has 3 aliphatic carbocycles. The van der Waals surface area contributed by atoms with Gasteiger partial charge in [-0.1, -0.05) is 55.4 Å². The summed E-state index contributed by atoms with van der Waals surface area (Å²) in [4.78, 5) is 15.0. The standard InChI is InChI=1S/C31H31NO4/c1-23-21-28(16-17-30(23)36-22-31(33)34)35-20-18-29(25-7-3-2-4-8-25)26-13-10-24(11-14-26)12-15-27-9-5-6-19-32-27/h3,5-10,13-14,16-19,23-24H,2,4,11,20-22H2,1H3,(H,33,34)/t23?,24-/m0/s1. The van der Waals surface area contributed by atoms with Crippen molar-refractivity contribution in [1.82, 2.24) is 4.98 Å². The second kappa shape index (κ2) is 12.6.